The molecule has 0 aromatic rings. The van der Waals surface area contributed by atoms with Crippen LogP contribution in [0.2, 0.25) is 19.6 Å². The number of rotatable bonds is 2. The van der Waals surface area contributed by atoms with Crippen LogP contribution in [0.25, 0.3) is 0 Å². The fraction of sp³-hybridized carbons (Fsp3) is 0.778. The maximum atomic E-state index is 11.4. The van der Waals surface area contributed by atoms with Crippen LogP contribution in [-0.4, -0.2) is 31.0 Å². The van der Waals surface area contributed by atoms with Crippen molar-refractivity contribution < 1.29 is 9.59 Å². The molecule has 0 radical (unpaired) electrons. The minimum atomic E-state index is -1.34. The molecule has 74 valence electrons. The molecule has 1 aliphatic rings. The van der Waals surface area contributed by atoms with Crippen LogP contribution in [0.5, 0.6) is 0 Å². The van der Waals surface area contributed by atoms with E-state index in [1.807, 2.05) is 0 Å². The lowest BCUT2D eigenvalue weighted by Gasteiger charge is -2.30. The largest absolute Gasteiger partial charge is 0.286 e. The summed E-state index contributed by atoms with van der Waals surface area (Å²) in [6.07, 6.45) is 2.52. The highest BCUT2D eigenvalue weighted by molar-refractivity contribution is 6.76. The Balaban J connectivity index is 2.65. The number of carbonyl (C=O) groups is 2. The van der Waals surface area contributed by atoms with Crippen molar-refractivity contribution in [2.75, 3.05) is 6.17 Å². The quantitative estimate of drug-likeness (QED) is 0.498. The van der Waals surface area contributed by atoms with E-state index in [9.17, 15) is 9.59 Å². The molecule has 0 unspecified atom stereocenters. The highest BCUT2D eigenvalue weighted by atomic mass is 28.3. The molecule has 0 bridgehead atoms. The summed E-state index contributed by atoms with van der Waals surface area (Å²) < 4.78 is 0. The molecule has 13 heavy (non-hydrogen) atoms. The normalized spacial score (nSPS) is 19.5. The Morgan fingerprint density at radius 3 is 2.00 bits per heavy atom. The Morgan fingerprint density at radius 2 is 1.62 bits per heavy atom. The van der Waals surface area contributed by atoms with Crippen molar-refractivity contribution in [2.24, 2.45) is 0 Å². The van der Waals surface area contributed by atoms with Gasteiger partial charge in [-0.2, -0.15) is 0 Å². The Bertz CT molecular complexity index is 216. The van der Waals surface area contributed by atoms with Crippen LogP contribution in [0.1, 0.15) is 19.3 Å². The van der Waals surface area contributed by atoms with Crippen molar-refractivity contribution in [3.05, 3.63) is 0 Å². The maximum absolute atomic E-state index is 11.4. The number of hydrogen-bond donors (Lipinski definition) is 0. The van der Waals surface area contributed by atoms with Gasteiger partial charge in [0.2, 0.25) is 11.8 Å². The summed E-state index contributed by atoms with van der Waals surface area (Å²) in [6.45, 7) is 6.51. The monoisotopic (exact) mass is 199 g/mol. The second-order valence-corrected chi connectivity index (χ2v) is 10.2. The average Bonchev–Trinajstić information content (AvgIpc) is 1.95. The molecule has 3 nitrogen and oxygen atoms in total. The third-order valence-corrected chi connectivity index (χ3v) is 3.28. The predicted octanol–water partition coefficient (Wildman–Crippen LogP) is 1.40. The van der Waals surface area contributed by atoms with Crippen LogP contribution in [0.3, 0.4) is 0 Å². The summed E-state index contributed by atoms with van der Waals surface area (Å²) in [5.74, 6) is 0.0531. The van der Waals surface area contributed by atoms with Gasteiger partial charge in [-0.1, -0.05) is 19.6 Å². The van der Waals surface area contributed by atoms with Gasteiger partial charge in [-0.15, -0.1) is 0 Å². The molecule has 0 atom stereocenters. The minimum Gasteiger partial charge on any atom is -0.286 e. The first-order valence-corrected chi connectivity index (χ1v) is 8.44. The zero-order valence-corrected chi connectivity index (χ0v) is 9.59. The highest BCUT2D eigenvalue weighted by Crippen LogP contribution is 2.15. The number of amides is 2. The molecule has 1 saturated heterocycles. The lowest BCUT2D eigenvalue weighted by Crippen LogP contribution is -2.48. The number of piperidine rings is 1. The molecule has 1 rings (SSSR count). The van der Waals surface area contributed by atoms with E-state index in [-0.39, 0.29) is 11.8 Å². The lowest BCUT2D eigenvalue weighted by molar-refractivity contribution is -0.146. The van der Waals surface area contributed by atoms with Gasteiger partial charge < -0.3 is 0 Å². The SMILES string of the molecule is C[Si](C)(C)CN1C(=O)CCCC1=O. The van der Waals surface area contributed by atoms with Crippen molar-refractivity contribution in [3.8, 4) is 0 Å². The first-order chi connectivity index (χ1) is 5.90. The molecule has 4 heteroatoms. The van der Waals surface area contributed by atoms with Crippen molar-refractivity contribution >= 4 is 19.9 Å². The van der Waals surface area contributed by atoms with Gasteiger partial charge in [0.25, 0.3) is 0 Å². The molecule has 1 heterocycles. The Hall–Kier alpha value is -0.643. The first-order valence-electron chi connectivity index (χ1n) is 4.73. The first kappa shape index (κ1) is 10.4. The Kier molecular flexibility index (Phi) is 2.90. The predicted molar refractivity (Wildman–Crippen MR) is 53.9 cm³/mol. The average molecular weight is 199 g/mol. The van der Waals surface area contributed by atoms with E-state index in [4.69, 9.17) is 0 Å². The molecule has 1 aliphatic heterocycles. The van der Waals surface area contributed by atoms with E-state index in [2.05, 4.69) is 19.6 Å². The molecule has 2 amide bonds. The molecule has 0 N–H and O–H groups in total. The van der Waals surface area contributed by atoms with Gasteiger partial charge in [0.1, 0.15) is 0 Å². The van der Waals surface area contributed by atoms with E-state index < -0.39 is 8.07 Å². The third-order valence-electron chi connectivity index (χ3n) is 2.02. The molecular weight excluding hydrogens is 182 g/mol. The summed E-state index contributed by atoms with van der Waals surface area (Å²) in [6, 6.07) is 0. The molecule has 0 aromatic heterocycles. The number of nitrogens with zero attached hydrogens (tertiary/aromatic N) is 1. The van der Waals surface area contributed by atoms with Crippen LogP contribution >= 0.6 is 0 Å². The van der Waals surface area contributed by atoms with Crippen LogP contribution in [0.15, 0.2) is 0 Å². The van der Waals surface area contributed by atoms with Gasteiger partial charge >= 0.3 is 0 Å². The standard InChI is InChI=1S/C9H17NO2Si/c1-13(2,3)7-10-8(11)5-4-6-9(10)12/h4-7H2,1-3H3. The van der Waals surface area contributed by atoms with E-state index in [1.165, 1.54) is 4.90 Å². The summed E-state index contributed by atoms with van der Waals surface area (Å²) in [5, 5.41) is 0. The van der Waals surface area contributed by atoms with Crippen LogP contribution < -0.4 is 0 Å². The summed E-state index contributed by atoms with van der Waals surface area (Å²) in [5.41, 5.74) is 0. The third kappa shape index (κ3) is 2.95. The molecule has 0 spiro atoms. The van der Waals surface area contributed by atoms with Gasteiger partial charge in [-0.25, -0.2) is 0 Å². The van der Waals surface area contributed by atoms with Crippen molar-refractivity contribution in [1.82, 2.24) is 4.90 Å². The van der Waals surface area contributed by atoms with E-state index in [0.29, 0.717) is 19.0 Å². The zero-order valence-electron chi connectivity index (χ0n) is 8.59. The van der Waals surface area contributed by atoms with Gasteiger partial charge in [0, 0.05) is 19.0 Å². The highest BCUT2D eigenvalue weighted by Gasteiger charge is 2.29. The van der Waals surface area contributed by atoms with Crippen LogP contribution in [-0.2, 0) is 9.59 Å². The minimum absolute atomic E-state index is 0.0266. The van der Waals surface area contributed by atoms with Gasteiger partial charge in [0.05, 0.1) is 8.07 Å². The molecular formula is C9H17NO2Si. The Labute approximate surface area is 80.1 Å². The molecule has 0 aliphatic carbocycles. The lowest BCUT2D eigenvalue weighted by atomic mass is 10.1. The van der Waals surface area contributed by atoms with Gasteiger partial charge in [-0.3, -0.25) is 14.5 Å². The van der Waals surface area contributed by atoms with Crippen LogP contribution in [0.4, 0.5) is 0 Å². The maximum Gasteiger partial charge on any atom is 0.228 e. The smallest absolute Gasteiger partial charge is 0.228 e. The van der Waals surface area contributed by atoms with E-state index in [1.54, 1.807) is 0 Å². The number of imide groups is 1. The van der Waals surface area contributed by atoms with Crippen molar-refractivity contribution in [1.29, 1.82) is 0 Å². The summed E-state index contributed by atoms with van der Waals surface area (Å²) >= 11 is 0. The van der Waals surface area contributed by atoms with Crippen molar-refractivity contribution in [2.45, 2.75) is 38.9 Å². The van der Waals surface area contributed by atoms with Gasteiger partial charge in [-0.05, 0) is 6.42 Å². The molecule has 0 saturated carbocycles. The summed E-state index contributed by atoms with van der Waals surface area (Å²) in [4.78, 5) is 24.3. The zero-order chi connectivity index (χ0) is 10.1. The van der Waals surface area contributed by atoms with Gasteiger partial charge in [0.15, 0.2) is 0 Å². The molecule has 1 fully saturated rings. The Morgan fingerprint density at radius 1 is 1.15 bits per heavy atom. The fourth-order valence-corrected chi connectivity index (χ4v) is 2.75. The van der Waals surface area contributed by atoms with E-state index in [0.717, 1.165) is 6.42 Å². The molecule has 0 aromatic carbocycles. The summed E-state index contributed by atoms with van der Waals surface area (Å²) in [7, 11) is -1.34. The number of likely N-dealkylation sites (tertiary alicyclic amines) is 1. The second-order valence-electron chi connectivity index (χ2n) is 4.79. The number of carbonyl (C=O) groups excluding carboxylic acids is 2. The number of hydrogen-bond acceptors (Lipinski definition) is 2. The van der Waals surface area contributed by atoms with Crippen LogP contribution in [0, 0.1) is 0 Å². The van der Waals surface area contributed by atoms with E-state index >= 15 is 0 Å². The fourth-order valence-electron chi connectivity index (χ4n) is 1.45. The second kappa shape index (κ2) is 3.62. The topological polar surface area (TPSA) is 37.4 Å². The van der Waals surface area contributed by atoms with Crippen molar-refractivity contribution in [3.63, 3.8) is 0 Å².